The molecule has 0 bridgehead atoms. The Bertz CT molecular complexity index is 1230. The standard InChI is InChI=1S/C23H22ClN5O3/c1-15-14-18(8-9-19(15)24)32-16(2)23(30)25-12-13-31-21-11-10-20-26-27-22(29(20)28-21)17-6-4-3-5-7-17/h3-11,14,16H,12-13H2,1-2H3,(H,25,30). The molecule has 8 nitrogen and oxygen atoms in total. The molecule has 2 aromatic carbocycles. The zero-order valence-electron chi connectivity index (χ0n) is 17.7. The molecule has 32 heavy (non-hydrogen) atoms. The average molecular weight is 452 g/mol. The second kappa shape index (κ2) is 9.65. The normalized spacial score (nSPS) is 11.8. The Labute approximate surface area is 190 Å². The van der Waals surface area contributed by atoms with Gasteiger partial charge in [-0.2, -0.15) is 4.52 Å². The van der Waals surface area contributed by atoms with Crippen molar-refractivity contribution in [2.45, 2.75) is 20.0 Å². The summed E-state index contributed by atoms with van der Waals surface area (Å²) in [6, 6.07) is 18.4. The van der Waals surface area contributed by atoms with Gasteiger partial charge in [0.15, 0.2) is 17.6 Å². The molecule has 2 aromatic heterocycles. The molecule has 0 saturated carbocycles. The van der Waals surface area contributed by atoms with Crippen LogP contribution in [0.4, 0.5) is 0 Å². The predicted molar refractivity (Wildman–Crippen MR) is 121 cm³/mol. The summed E-state index contributed by atoms with van der Waals surface area (Å²) in [5, 5.41) is 16.2. The Morgan fingerprint density at radius 3 is 2.72 bits per heavy atom. The van der Waals surface area contributed by atoms with Crippen molar-refractivity contribution in [3.05, 3.63) is 71.2 Å². The van der Waals surface area contributed by atoms with Crippen molar-refractivity contribution in [1.29, 1.82) is 0 Å². The molecule has 0 radical (unpaired) electrons. The minimum atomic E-state index is -0.657. The highest BCUT2D eigenvalue weighted by molar-refractivity contribution is 6.31. The number of carbonyl (C=O) groups excluding carboxylic acids is 1. The van der Waals surface area contributed by atoms with E-state index < -0.39 is 6.10 Å². The second-order valence-corrected chi connectivity index (χ2v) is 7.55. The lowest BCUT2D eigenvalue weighted by atomic mass is 10.2. The number of aryl methyl sites for hydroxylation is 1. The Morgan fingerprint density at radius 1 is 1.12 bits per heavy atom. The molecule has 1 atom stereocenters. The molecule has 0 aliphatic rings. The van der Waals surface area contributed by atoms with Crippen LogP contribution in [0.3, 0.4) is 0 Å². The Balaban J connectivity index is 1.30. The van der Waals surface area contributed by atoms with Gasteiger partial charge >= 0.3 is 0 Å². The summed E-state index contributed by atoms with van der Waals surface area (Å²) >= 11 is 6.02. The van der Waals surface area contributed by atoms with Crippen LogP contribution >= 0.6 is 11.6 Å². The highest BCUT2D eigenvalue weighted by Crippen LogP contribution is 2.22. The van der Waals surface area contributed by atoms with Gasteiger partial charge in [0, 0.05) is 16.7 Å². The SMILES string of the molecule is Cc1cc(OC(C)C(=O)NCCOc2ccc3nnc(-c4ccccc4)n3n2)ccc1Cl. The zero-order chi connectivity index (χ0) is 22.5. The summed E-state index contributed by atoms with van der Waals surface area (Å²) in [5.41, 5.74) is 2.41. The number of amides is 1. The third-order valence-corrected chi connectivity index (χ3v) is 5.16. The van der Waals surface area contributed by atoms with Gasteiger partial charge in [0.25, 0.3) is 5.91 Å². The van der Waals surface area contributed by atoms with Gasteiger partial charge in [-0.25, -0.2) is 0 Å². The largest absolute Gasteiger partial charge is 0.481 e. The predicted octanol–water partition coefficient (Wildman–Crippen LogP) is 3.72. The number of nitrogens with zero attached hydrogens (tertiary/aromatic N) is 4. The van der Waals surface area contributed by atoms with E-state index in [-0.39, 0.29) is 12.5 Å². The first-order chi connectivity index (χ1) is 15.5. The average Bonchev–Trinajstić information content (AvgIpc) is 3.23. The highest BCUT2D eigenvalue weighted by Gasteiger charge is 2.15. The number of aromatic nitrogens is 4. The molecule has 1 unspecified atom stereocenters. The van der Waals surface area contributed by atoms with Crippen LogP contribution in [0.25, 0.3) is 17.0 Å². The minimum absolute atomic E-state index is 0.241. The van der Waals surface area contributed by atoms with Crippen LogP contribution in [-0.2, 0) is 4.79 Å². The fourth-order valence-corrected chi connectivity index (χ4v) is 3.16. The molecular formula is C23H22ClN5O3. The molecular weight excluding hydrogens is 430 g/mol. The Hall–Kier alpha value is -3.65. The maximum atomic E-state index is 12.3. The highest BCUT2D eigenvalue weighted by atomic mass is 35.5. The molecule has 0 fully saturated rings. The number of hydrogen-bond donors (Lipinski definition) is 1. The van der Waals surface area contributed by atoms with E-state index in [0.717, 1.165) is 11.1 Å². The van der Waals surface area contributed by atoms with Crippen molar-refractivity contribution >= 4 is 23.2 Å². The molecule has 164 valence electrons. The number of carbonyl (C=O) groups is 1. The van der Waals surface area contributed by atoms with Crippen molar-refractivity contribution < 1.29 is 14.3 Å². The molecule has 0 spiro atoms. The van der Waals surface area contributed by atoms with Crippen LogP contribution in [-0.4, -0.2) is 45.0 Å². The summed E-state index contributed by atoms with van der Waals surface area (Å²) in [6.07, 6.45) is -0.657. The molecule has 9 heteroatoms. The van der Waals surface area contributed by atoms with Crippen LogP contribution in [0.15, 0.2) is 60.7 Å². The fraction of sp³-hybridized carbons (Fsp3) is 0.217. The molecule has 1 N–H and O–H groups in total. The summed E-state index contributed by atoms with van der Waals surface area (Å²) < 4.78 is 13.0. The summed E-state index contributed by atoms with van der Waals surface area (Å²) in [5.74, 6) is 1.38. The van der Waals surface area contributed by atoms with Crippen LogP contribution in [0.5, 0.6) is 11.6 Å². The van der Waals surface area contributed by atoms with Gasteiger partial charge in [0.2, 0.25) is 5.88 Å². The quantitative estimate of drug-likeness (QED) is 0.411. The molecule has 4 rings (SSSR count). The van der Waals surface area contributed by atoms with Gasteiger partial charge in [-0.15, -0.1) is 15.3 Å². The zero-order valence-corrected chi connectivity index (χ0v) is 18.4. The van der Waals surface area contributed by atoms with Crippen molar-refractivity contribution in [2.24, 2.45) is 0 Å². The van der Waals surface area contributed by atoms with E-state index in [1.165, 1.54) is 0 Å². The molecule has 0 aliphatic heterocycles. The molecule has 1 amide bonds. The van der Waals surface area contributed by atoms with Gasteiger partial charge in [-0.3, -0.25) is 4.79 Å². The lowest BCUT2D eigenvalue weighted by Gasteiger charge is -2.15. The van der Waals surface area contributed by atoms with E-state index in [1.807, 2.05) is 37.3 Å². The van der Waals surface area contributed by atoms with Crippen LogP contribution in [0.2, 0.25) is 5.02 Å². The fourth-order valence-electron chi connectivity index (χ4n) is 3.04. The van der Waals surface area contributed by atoms with Crippen molar-refractivity contribution in [3.63, 3.8) is 0 Å². The second-order valence-electron chi connectivity index (χ2n) is 7.14. The number of nitrogens with one attached hydrogen (secondary N) is 1. The number of ether oxygens (including phenoxy) is 2. The van der Waals surface area contributed by atoms with Gasteiger partial charge in [-0.05, 0) is 43.7 Å². The molecule has 0 aliphatic carbocycles. The monoisotopic (exact) mass is 451 g/mol. The summed E-state index contributed by atoms with van der Waals surface area (Å²) in [6.45, 7) is 4.12. The number of rotatable bonds is 8. The number of fused-ring (bicyclic) bond motifs is 1. The molecule has 2 heterocycles. The van der Waals surface area contributed by atoms with E-state index in [4.69, 9.17) is 21.1 Å². The van der Waals surface area contributed by atoms with E-state index in [1.54, 1.807) is 41.8 Å². The first-order valence-corrected chi connectivity index (χ1v) is 10.5. The van der Waals surface area contributed by atoms with E-state index in [9.17, 15) is 4.79 Å². The number of hydrogen-bond acceptors (Lipinski definition) is 6. The summed E-state index contributed by atoms with van der Waals surface area (Å²) in [7, 11) is 0. The van der Waals surface area contributed by atoms with Crippen LogP contribution in [0, 0.1) is 6.92 Å². The van der Waals surface area contributed by atoms with Crippen LogP contribution < -0.4 is 14.8 Å². The Morgan fingerprint density at radius 2 is 1.94 bits per heavy atom. The van der Waals surface area contributed by atoms with Crippen molar-refractivity contribution in [3.8, 4) is 23.0 Å². The first-order valence-electron chi connectivity index (χ1n) is 10.1. The van der Waals surface area contributed by atoms with Gasteiger partial charge < -0.3 is 14.8 Å². The van der Waals surface area contributed by atoms with Gasteiger partial charge in [-0.1, -0.05) is 41.9 Å². The maximum absolute atomic E-state index is 12.3. The maximum Gasteiger partial charge on any atom is 0.260 e. The van der Waals surface area contributed by atoms with Crippen molar-refractivity contribution in [1.82, 2.24) is 25.1 Å². The van der Waals surface area contributed by atoms with E-state index >= 15 is 0 Å². The molecule has 4 aromatic rings. The van der Waals surface area contributed by atoms with Crippen molar-refractivity contribution in [2.75, 3.05) is 13.2 Å². The topological polar surface area (TPSA) is 90.6 Å². The Kier molecular flexibility index (Phi) is 6.51. The van der Waals surface area contributed by atoms with Gasteiger partial charge in [0.05, 0.1) is 6.54 Å². The van der Waals surface area contributed by atoms with Gasteiger partial charge in [0.1, 0.15) is 12.4 Å². The first kappa shape index (κ1) is 21.6. The number of halogens is 1. The third-order valence-electron chi connectivity index (χ3n) is 4.73. The smallest absolute Gasteiger partial charge is 0.260 e. The lowest BCUT2D eigenvalue weighted by Crippen LogP contribution is -2.38. The lowest BCUT2D eigenvalue weighted by molar-refractivity contribution is -0.127. The third kappa shape index (κ3) is 4.97. The molecule has 0 saturated heterocycles. The van der Waals surface area contributed by atoms with E-state index in [2.05, 4.69) is 20.6 Å². The summed E-state index contributed by atoms with van der Waals surface area (Å²) in [4.78, 5) is 12.3. The van der Waals surface area contributed by atoms with Crippen LogP contribution in [0.1, 0.15) is 12.5 Å². The number of benzene rings is 2. The van der Waals surface area contributed by atoms with E-state index in [0.29, 0.717) is 34.7 Å². The minimum Gasteiger partial charge on any atom is -0.481 e.